The van der Waals surface area contributed by atoms with Crippen LogP contribution in [0, 0.1) is 0 Å². The highest BCUT2D eigenvalue weighted by atomic mass is 35.5. The van der Waals surface area contributed by atoms with Crippen molar-refractivity contribution in [2.24, 2.45) is 5.10 Å². The molecule has 0 bridgehead atoms. The van der Waals surface area contributed by atoms with Crippen LogP contribution in [0.1, 0.15) is 21.5 Å². The molecule has 5 nitrogen and oxygen atoms in total. The molecular formula is C24H20Cl2N2O3. The van der Waals surface area contributed by atoms with E-state index in [2.05, 4.69) is 17.1 Å². The van der Waals surface area contributed by atoms with E-state index in [1.54, 1.807) is 48.7 Å². The van der Waals surface area contributed by atoms with E-state index in [4.69, 9.17) is 32.7 Å². The smallest absolute Gasteiger partial charge is 0.271 e. The number of amides is 1. The molecule has 1 N–H and O–H groups in total. The molecule has 0 unspecified atom stereocenters. The van der Waals surface area contributed by atoms with Crippen LogP contribution in [0.5, 0.6) is 11.5 Å². The summed E-state index contributed by atoms with van der Waals surface area (Å²) in [5.41, 5.74) is 4.61. The molecule has 1 amide bonds. The molecule has 0 fully saturated rings. The number of hydrogen-bond donors (Lipinski definition) is 1. The van der Waals surface area contributed by atoms with E-state index in [0.29, 0.717) is 34.6 Å². The zero-order valence-corrected chi connectivity index (χ0v) is 18.1. The Morgan fingerprint density at radius 3 is 2.32 bits per heavy atom. The van der Waals surface area contributed by atoms with Crippen molar-refractivity contribution in [1.29, 1.82) is 0 Å². The van der Waals surface area contributed by atoms with Gasteiger partial charge in [-0.25, -0.2) is 5.43 Å². The quantitative estimate of drug-likeness (QED) is 0.248. The molecule has 0 aliphatic rings. The van der Waals surface area contributed by atoms with Crippen molar-refractivity contribution in [3.05, 3.63) is 106 Å². The highest BCUT2D eigenvalue weighted by Gasteiger charge is 2.06. The van der Waals surface area contributed by atoms with E-state index < -0.39 is 0 Å². The summed E-state index contributed by atoms with van der Waals surface area (Å²) in [5, 5.41) is 5.10. The maximum absolute atomic E-state index is 12.2. The second-order valence-electron chi connectivity index (χ2n) is 6.42. The average molecular weight is 455 g/mol. The number of carbonyl (C=O) groups excluding carboxylic acids is 1. The van der Waals surface area contributed by atoms with Crippen molar-refractivity contribution in [2.45, 2.75) is 6.61 Å². The Morgan fingerprint density at radius 2 is 1.65 bits per heavy atom. The normalized spacial score (nSPS) is 10.6. The fourth-order valence-corrected chi connectivity index (χ4v) is 3.00. The molecule has 0 aliphatic carbocycles. The fraction of sp³-hybridized carbons (Fsp3) is 0.0833. The van der Waals surface area contributed by atoms with Crippen LogP contribution in [0.4, 0.5) is 0 Å². The van der Waals surface area contributed by atoms with E-state index in [0.717, 1.165) is 16.9 Å². The van der Waals surface area contributed by atoms with Crippen molar-refractivity contribution < 1.29 is 14.3 Å². The number of nitrogens with one attached hydrogen (secondary N) is 1. The van der Waals surface area contributed by atoms with Gasteiger partial charge < -0.3 is 9.47 Å². The molecule has 0 aromatic heterocycles. The van der Waals surface area contributed by atoms with Crippen LogP contribution >= 0.6 is 23.2 Å². The molecule has 31 heavy (non-hydrogen) atoms. The molecule has 3 rings (SSSR count). The van der Waals surface area contributed by atoms with Gasteiger partial charge in [0.15, 0.2) is 0 Å². The first kappa shape index (κ1) is 22.4. The lowest BCUT2D eigenvalue weighted by molar-refractivity contribution is 0.0955. The Labute approximate surface area is 190 Å². The number of carbonyl (C=O) groups is 1. The molecule has 0 saturated carbocycles. The number of ether oxygens (including phenoxy) is 2. The summed E-state index contributed by atoms with van der Waals surface area (Å²) in [4.78, 5) is 12.2. The lowest BCUT2D eigenvalue weighted by Crippen LogP contribution is -2.17. The molecule has 0 heterocycles. The summed E-state index contributed by atoms with van der Waals surface area (Å²) < 4.78 is 11.1. The van der Waals surface area contributed by atoms with Gasteiger partial charge in [-0.05, 0) is 66.2 Å². The van der Waals surface area contributed by atoms with Gasteiger partial charge in [0.2, 0.25) is 0 Å². The van der Waals surface area contributed by atoms with Gasteiger partial charge in [0.05, 0.1) is 6.21 Å². The minimum Gasteiger partial charge on any atom is -0.490 e. The van der Waals surface area contributed by atoms with Crippen LogP contribution in [0.3, 0.4) is 0 Å². The highest BCUT2D eigenvalue weighted by Crippen LogP contribution is 2.23. The summed E-state index contributed by atoms with van der Waals surface area (Å²) in [5.74, 6) is 1.03. The average Bonchev–Trinajstić information content (AvgIpc) is 2.78. The third kappa shape index (κ3) is 6.88. The fourth-order valence-electron chi connectivity index (χ4n) is 2.54. The Kier molecular flexibility index (Phi) is 8.10. The van der Waals surface area contributed by atoms with E-state index in [1.165, 1.54) is 0 Å². The third-order valence-corrected chi connectivity index (χ3v) is 4.74. The molecule has 0 radical (unpaired) electrons. The molecular weight excluding hydrogens is 435 g/mol. The van der Waals surface area contributed by atoms with Crippen LogP contribution in [0.15, 0.2) is 84.5 Å². The number of nitrogens with zero attached hydrogens (tertiary/aromatic N) is 1. The molecule has 0 spiro atoms. The zero-order chi connectivity index (χ0) is 22.1. The van der Waals surface area contributed by atoms with Gasteiger partial charge in [0.1, 0.15) is 24.7 Å². The van der Waals surface area contributed by atoms with Crippen molar-refractivity contribution in [3.63, 3.8) is 0 Å². The summed E-state index contributed by atoms with van der Waals surface area (Å²) in [6, 6.07) is 19.3. The van der Waals surface area contributed by atoms with Gasteiger partial charge in [0, 0.05) is 21.2 Å². The zero-order valence-electron chi connectivity index (χ0n) is 16.6. The topological polar surface area (TPSA) is 59.9 Å². The van der Waals surface area contributed by atoms with Crippen LogP contribution in [-0.4, -0.2) is 18.7 Å². The molecule has 3 aromatic rings. The maximum atomic E-state index is 12.2. The van der Waals surface area contributed by atoms with Crippen molar-refractivity contribution in [3.8, 4) is 11.5 Å². The van der Waals surface area contributed by atoms with E-state index in [1.807, 2.05) is 30.3 Å². The standard InChI is InChI=1S/C24H20Cl2N2O3/c1-2-13-30-21-9-3-17(4-10-21)15-27-28-24(29)18-6-11-22(12-7-18)31-16-19-5-8-20(25)14-23(19)26/h2-12,14-15H,1,13,16H2,(H,28,29)/b27-15+. The SMILES string of the molecule is C=CCOc1ccc(/C=N/NC(=O)c2ccc(OCc3ccc(Cl)cc3Cl)cc2)cc1. The minimum atomic E-state index is -0.325. The number of hydrogen-bond acceptors (Lipinski definition) is 4. The van der Waals surface area contributed by atoms with Gasteiger partial charge >= 0.3 is 0 Å². The van der Waals surface area contributed by atoms with Gasteiger partial charge in [-0.2, -0.15) is 5.10 Å². The summed E-state index contributed by atoms with van der Waals surface area (Å²) in [6.07, 6.45) is 3.24. The molecule has 3 aromatic carbocycles. The first-order chi connectivity index (χ1) is 15.0. The highest BCUT2D eigenvalue weighted by molar-refractivity contribution is 6.35. The molecule has 0 atom stereocenters. The summed E-state index contributed by atoms with van der Waals surface area (Å²) in [7, 11) is 0. The van der Waals surface area contributed by atoms with Gasteiger partial charge in [-0.3, -0.25) is 4.79 Å². The molecule has 7 heteroatoms. The second kappa shape index (κ2) is 11.2. The number of benzene rings is 3. The molecule has 0 saturated heterocycles. The van der Waals surface area contributed by atoms with Gasteiger partial charge in [-0.1, -0.05) is 41.9 Å². The predicted octanol–water partition coefficient (Wildman–Crippen LogP) is 5.90. The summed E-state index contributed by atoms with van der Waals surface area (Å²) in [6.45, 7) is 4.35. The first-order valence-electron chi connectivity index (χ1n) is 9.39. The monoisotopic (exact) mass is 454 g/mol. The van der Waals surface area contributed by atoms with Crippen LogP contribution < -0.4 is 14.9 Å². The van der Waals surface area contributed by atoms with Crippen LogP contribution in [-0.2, 0) is 6.61 Å². The van der Waals surface area contributed by atoms with Crippen molar-refractivity contribution in [1.82, 2.24) is 5.43 Å². The predicted molar refractivity (Wildman–Crippen MR) is 124 cm³/mol. The number of halogens is 2. The van der Waals surface area contributed by atoms with E-state index in [-0.39, 0.29) is 5.91 Å². The van der Waals surface area contributed by atoms with Gasteiger partial charge in [0.25, 0.3) is 5.91 Å². The molecule has 0 aliphatic heterocycles. The number of rotatable bonds is 9. The Bertz CT molecular complexity index is 1070. The van der Waals surface area contributed by atoms with E-state index >= 15 is 0 Å². The Balaban J connectivity index is 1.50. The second-order valence-corrected chi connectivity index (χ2v) is 7.26. The lowest BCUT2D eigenvalue weighted by atomic mass is 10.2. The maximum Gasteiger partial charge on any atom is 0.271 e. The van der Waals surface area contributed by atoms with Crippen molar-refractivity contribution in [2.75, 3.05) is 6.61 Å². The first-order valence-corrected chi connectivity index (χ1v) is 10.1. The largest absolute Gasteiger partial charge is 0.490 e. The number of hydrazone groups is 1. The lowest BCUT2D eigenvalue weighted by Gasteiger charge is -2.08. The minimum absolute atomic E-state index is 0.295. The summed E-state index contributed by atoms with van der Waals surface area (Å²) >= 11 is 12.0. The Hall–Kier alpha value is -3.28. The Morgan fingerprint density at radius 1 is 0.968 bits per heavy atom. The van der Waals surface area contributed by atoms with Crippen LogP contribution in [0.2, 0.25) is 10.0 Å². The van der Waals surface area contributed by atoms with Crippen LogP contribution in [0.25, 0.3) is 0 Å². The third-order valence-electron chi connectivity index (χ3n) is 4.15. The van der Waals surface area contributed by atoms with Gasteiger partial charge in [-0.15, -0.1) is 0 Å². The van der Waals surface area contributed by atoms with Crippen molar-refractivity contribution >= 4 is 35.3 Å². The van der Waals surface area contributed by atoms with E-state index in [9.17, 15) is 4.79 Å². The molecule has 158 valence electrons.